The zero-order chi connectivity index (χ0) is 22.8. The van der Waals surface area contributed by atoms with Gasteiger partial charge in [0, 0.05) is 23.2 Å². The van der Waals surface area contributed by atoms with Gasteiger partial charge < -0.3 is 24.8 Å². The first kappa shape index (κ1) is 21.6. The molecular weight excluding hydrogens is 423 g/mol. The van der Waals surface area contributed by atoms with E-state index >= 15 is 0 Å². The van der Waals surface area contributed by atoms with Gasteiger partial charge in [0.15, 0.2) is 11.5 Å². The number of aromatic nitrogens is 2. The number of anilines is 2. The number of benzene rings is 2. The van der Waals surface area contributed by atoms with Crippen LogP contribution in [0.25, 0.3) is 22.0 Å². The molecule has 0 amide bonds. The molecule has 1 saturated heterocycles. The van der Waals surface area contributed by atoms with E-state index in [0.717, 1.165) is 40.9 Å². The monoisotopic (exact) mass is 452 g/mol. The summed E-state index contributed by atoms with van der Waals surface area (Å²) < 4.78 is 25.4. The first-order valence-electron chi connectivity index (χ1n) is 11.5. The Kier molecular flexibility index (Phi) is 6.11. The molecule has 2 aliphatic heterocycles. The van der Waals surface area contributed by atoms with E-state index in [1.165, 1.54) is 25.0 Å². The maximum Gasteiger partial charge on any atom is 0.162 e. The van der Waals surface area contributed by atoms with Crippen molar-refractivity contribution in [3.63, 3.8) is 0 Å². The maximum atomic E-state index is 13.6. The van der Waals surface area contributed by atoms with Crippen LogP contribution in [0.5, 0.6) is 11.5 Å². The fraction of sp³-hybridized carbons (Fsp3) is 0.360. The van der Waals surface area contributed by atoms with Crippen molar-refractivity contribution in [2.24, 2.45) is 0 Å². The Bertz CT molecular complexity index is 1200. The highest BCUT2D eigenvalue weighted by molar-refractivity contribution is 6.05. The van der Waals surface area contributed by atoms with Crippen LogP contribution in [0.1, 0.15) is 19.8 Å². The number of ether oxygens (including phenoxy) is 2. The van der Waals surface area contributed by atoms with Crippen molar-refractivity contribution in [1.29, 1.82) is 0 Å². The number of aliphatic hydroxyl groups is 1. The van der Waals surface area contributed by atoms with Gasteiger partial charge in [0.05, 0.1) is 12.3 Å². The van der Waals surface area contributed by atoms with E-state index in [1.807, 2.05) is 31.2 Å². The number of nitrogens with zero attached hydrogens (tertiary/aromatic N) is 1. The van der Waals surface area contributed by atoms with Crippen LogP contribution in [-0.4, -0.2) is 59.2 Å². The molecule has 0 spiro atoms. The second-order valence-corrected chi connectivity index (χ2v) is 8.49. The molecule has 1 unspecified atom stereocenters. The molecule has 0 aromatic heterocycles. The molecule has 4 N–H and O–H groups in total. The molecule has 33 heavy (non-hydrogen) atoms. The van der Waals surface area contributed by atoms with Gasteiger partial charge in [-0.15, -0.1) is 0 Å². The Balaban J connectivity index is 1.38. The second kappa shape index (κ2) is 9.33. The average Bonchev–Trinajstić information content (AvgIpc) is 3.51. The van der Waals surface area contributed by atoms with Crippen molar-refractivity contribution >= 4 is 22.3 Å². The molecule has 2 heterocycles. The molecule has 174 valence electrons. The Morgan fingerprint density at radius 3 is 2.70 bits per heavy atom. The van der Waals surface area contributed by atoms with Crippen molar-refractivity contribution in [1.82, 2.24) is 15.1 Å². The summed E-state index contributed by atoms with van der Waals surface area (Å²) in [6, 6.07) is 12.3. The first-order valence-corrected chi connectivity index (χ1v) is 11.5. The molecule has 7 nitrogen and oxygen atoms in total. The molecule has 1 atom stereocenters. The van der Waals surface area contributed by atoms with Gasteiger partial charge in [-0.2, -0.15) is 0 Å². The lowest BCUT2D eigenvalue weighted by atomic mass is 10.2. The van der Waals surface area contributed by atoms with E-state index in [1.54, 1.807) is 6.07 Å². The summed E-state index contributed by atoms with van der Waals surface area (Å²) in [4.78, 5) is 2.27. The van der Waals surface area contributed by atoms with E-state index in [-0.39, 0.29) is 12.4 Å². The summed E-state index contributed by atoms with van der Waals surface area (Å²) in [6.07, 6.45) is 1.82. The Hall–Kier alpha value is -3.23. The minimum Gasteiger partial charge on any atom is -0.490 e. The number of halogens is 1. The number of aromatic amines is 2. The van der Waals surface area contributed by atoms with Gasteiger partial charge in [0.25, 0.3) is 0 Å². The number of nitrogens with one attached hydrogen (secondary N) is 3. The molecule has 8 heteroatoms. The lowest BCUT2D eigenvalue weighted by molar-refractivity contribution is 0.0745. The number of H-pyrrole nitrogens is 2. The highest BCUT2D eigenvalue weighted by Gasteiger charge is 2.21. The van der Waals surface area contributed by atoms with Gasteiger partial charge in [0.2, 0.25) is 0 Å². The SMILES string of the molecule is CCOc1cc2cc3c(Nc4cccc(F)c4)[nH][nH]c-3c2cc1OCC(O)CN1CCCC1. The third-order valence-electron chi connectivity index (χ3n) is 6.03. The topological polar surface area (TPSA) is 85.5 Å². The Morgan fingerprint density at radius 2 is 1.91 bits per heavy atom. The summed E-state index contributed by atoms with van der Waals surface area (Å²) in [5.41, 5.74) is 2.51. The first-order chi connectivity index (χ1) is 16.1. The molecule has 0 bridgehead atoms. The Labute approximate surface area is 191 Å². The minimum atomic E-state index is -0.561. The molecule has 1 aliphatic carbocycles. The van der Waals surface area contributed by atoms with Gasteiger partial charge in [-0.3, -0.25) is 10.2 Å². The molecule has 2 aromatic rings. The van der Waals surface area contributed by atoms with Crippen LogP contribution in [0.2, 0.25) is 0 Å². The molecule has 3 aliphatic rings. The van der Waals surface area contributed by atoms with Crippen LogP contribution in [-0.2, 0) is 0 Å². The predicted molar refractivity (Wildman–Crippen MR) is 127 cm³/mol. The van der Waals surface area contributed by atoms with E-state index in [9.17, 15) is 9.50 Å². The summed E-state index contributed by atoms with van der Waals surface area (Å²) in [7, 11) is 0. The largest absolute Gasteiger partial charge is 0.490 e. The van der Waals surface area contributed by atoms with Crippen LogP contribution < -0.4 is 14.8 Å². The van der Waals surface area contributed by atoms with Gasteiger partial charge in [0.1, 0.15) is 24.3 Å². The van der Waals surface area contributed by atoms with Crippen molar-refractivity contribution in [3.05, 3.63) is 48.3 Å². The van der Waals surface area contributed by atoms with Crippen LogP contribution in [0.4, 0.5) is 15.9 Å². The fourth-order valence-electron chi connectivity index (χ4n) is 4.50. The van der Waals surface area contributed by atoms with E-state index in [2.05, 4.69) is 20.4 Å². The van der Waals surface area contributed by atoms with Crippen LogP contribution in [0, 0.1) is 5.82 Å². The number of hydrogen-bond donors (Lipinski definition) is 4. The number of hydrogen-bond acceptors (Lipinski definition) is 5. The fourth-order valence-corrected chi connectivity index (χ4v) is 4.50. The molecule has 5 rings (SSSR count). The average molecular weight is 453 g/mol. The molecule has 0 radical (unpaired) electrons. The second-order valence-electron chi connectivity index (χ2n) is 8.49. The predicted octanol–water partition coefficient (Wildman–Crippen LogP) is 4.72. The molecule has 1 fully saturated rings. The lowest BCUT2D eigenvalue weighted by Crippen LogP contribution is -2.33. The quantitative estimate of drug-likeness (QED) is 0.295. The lowest BCUT2D eigenvalue weighted by Gasteiger charge is -2.20. The van der Waals surface area contributed by atoms with Gasteiger partial charge in [-0.05, 0) is 74.6 Å². The summed E-state index contributed by atoms with van der Waals surface area (Å²) in [5.74, 6) is 1.70. The van der Waals surface area contributed by atoms with Crippen LogP contribution >= 0.6 is 0 Å². The molecule has 2 aromatic carbocycles. The highest BCUT2D eigenvalue weighted by Crippen LogP contribution is 2.43. The van der Waals surface area contributed by atoms with Gasteiger partial charge in [-0.1, -0.05) is 6.07 Å². The van der Waals surface area contributed by atoms with E-state index < -0.39 is 6.10 Å². The summed E-state index contributed by atoms with van der Waals surface area (Å²) in [5, 5.41) is 22.0. The molecular formula is C25H29FN4O3. The maximum absolute atomic E-state index is 13.6. The number of aliphatic hydroxyl groups excluding tert-OH is 1. The number of rotatable bonds is 9. The van der Waals surface area contributed by atoms with Gasteiger partial charge in [-0.25, -0.2) is 4.39 Å². The third kappa shape index (κ3) is 4.62. The van der Waals surface area contributed by atoms with Crippen molar-refractivity contribution in [3.8, 4) is 22.8 Å². The number of likely N-dealkylation sites (tertiary alicyclic amines) is 1. The van der Waals surface area contributed by atoms with Crippen LogP contribution in [0.15, 0.2) is 42.5 Å². The minimum absolute atomic E-state index is 0.204. The smallest absolute Gasteiger partial charge is 0.162 e. The number of fused-ring (bicyclic) bond motifs is 3. The van der Waals surface area contributed by atoms with E-state index in [0.29, 0.717) is 30.3 Å². The molecule has 0 saturated carbocycles. The Morgan fingerprint density at radius 1 is 1.09 bits per heavy atom. The summed E-state index contributed by atoms with van der Waals surface area (Å²) in [6.45, 7) is 5.34. The van der Waals surface area contributed by atoms with Crippen molar-refractivity contribution in [2.45, 2.75) is 25.9 Å². The summed E-state index contributed by atoms with van der Waals surface area (Å²) >= 11 is 0. The van der Waals surface area contributed by atoms with Gasteiger partial charge >= 0.3 is 0 Å². The zero-order valence-electron chi connectivity index (χ0n) is 18.7. The van der Waals surface area contributed by atoms with Crippen LogP contribution in [0.3, 0.4) is 0 Å². The number of β-amino-alcohol motifs (C(OH)–C–C–N with tert-alkyl or cyclic N) is 1. The standard InChI is InChI=1S/C25H29FN4O3/c1-2-32-22-11-16-10-21-24(28-29-25(21)27-18-7-5-6-17(26)12-18)20(16)13-23(22)33-15-19(31)14-30-8-3-4-9-30/h5-7,10-13,19,27-29,31H,2-4,8-9,14-15H2,1H3. The zero-order valence-corrected chi connectivity index (χ0v) is 18.7. The highest BCUT2D eigenvalue weighted by atomic mass is 19.1. The van der Waals surface area contributed by atoms with E-state index in [4.69, 9.17) is 9.47 Å². The normalized spacial score (nSPS) is 15.4. The third-order valence-corrected chi connectivity index (χ3v) is 6.03. The van der Waals surface area contributed by atoms with Crippen molar-refractivity contribution < 1.29 is 19.0 Å². The van der Waals surface area contributed by atoms with Crippen molar-refractivity contribution in [2.75, 3.05) is 38.2 Å².